The van der Waals surface area contributed by atoms with Gasteiger partial charge in [0.2, 0.25) is 23.6 Å². The van der Waals surface area contributed by atoms with Crippen LogP contribution in [0.15, 0.2) is 0 Å². The van der Waals surface area contributed by atoms with Crippen LogP contribution in [0, 0.1) is 11.8 Å². The molecule has 0 aromatic carbocycles. The van der Waals surface area contributed by atoms with Gasteiger partial charge < -0.3 is 30.7 Å². The highest BCUT2D eigenvalue weighted by Crippen LogP contribution is 2.29. The average Bonchev–Trinajstić information content (AvgIpc) is 3.56. The summed E-state index contributed by atoms with van der Waals surface area (Å²) >= 11 is 0. The Morgan fingerprint density at radius 1 is 0.829 bits per heavy atom. The summed E-state index contributed by atoms with van der Waals surface area (Å²) in [5.41, 5.74) is -0.865. The molecule has 0 spiro atoms. The molecule has 35 heavy (non-hydrogen) atoms. The number of nitrogens with one attached hydrogen (secondary N) is 4. The standard InChI is InChI=1S/C23H39N5O7/c1-14(2)19(21(32)23(5)13-35-23)26-17(30)11-25-22(33)20(15(3)4)27-16(29)10-24-18(31)12-28-6-8-34-9-7-28/h14-15,19-20H,6-13H2,1-5H3,(H,24,31)(H,25,33)(H,26,30)(H,27,29)/t19-,20-,23+/m0/s1. The molecule has 2 aliphatic heterocycles. The van der Waals surface area contributed by atoms with Gasteiger partial charge in [0.1, 0.15) is 11.6 Å². The summed E-state index contributed by atoms with van der Waals surface area (Å²) in [5, 5.41) is 10.3. The molecule has 4 N–H and O–H groups in total. The maximum Gasteiger partial charge on any atom is 0.243 e. The summed E-state index contributed by atoms with van der Waals surface area (Å²) in [6, 6.07) is -1.62. The summed E-state index contributed by atoms with van der Waals surface area (Å²) in [6.07, 6.45) is 0. The van der Waals surface area contributed by atoms with Crippen molar-refractivity contribution in [2.75, 3.05) is 52.5 Å². The first-order valence-electron chi connectivity index (χ1n) is 12.0. The molecule has 2 heterocycles. The van der Waals surface area contributed by atoms with Crippen LogP contribution >= 0.6 is 0 Å². The number of carbonyl (C=O) groups excluding carboxylic acids is 5. The Labute approximate surface area is 206 Å². The van der Waals surface area contributed by atoms with E-state index in [4.69, 9.17) is 9.47 Å². The van der Waals surface area contributed by atoms with Crippen LogP contribution in [0.2, 0.25) is 0 Å². The van der Waals surface area contributed by atoms with Gasteiger partial charge in [0.15, 0.2) is 5.78 Å². The molecule has 12 heteroatoms. The fourth-order valence-corrected chi connectivity index (χ4v) is 3.57. The first kappa shape index (κ1) is 28.7. The molecule has 2 rings (SSSR count). The second-order valence-corrected chi connectivity index (χ2v) is 9.85. The van der Waals surface area contributed by atoms with E-state index in [0.717, 1.165) is 0 Å². The number of amides is 4. The number of hydrogen-bond acceptors (Lipinski definition) is 8. The van der Waals surface area contributed by atoms with Gasteiger partial charge in [0, 0.05) is 13.1 Å². The lowest BCUT2D eigenvalue weighted by Crippen LogP contribution is -2.55. The minimum Gasteiger partial charge on any atom is -0.379 e. The predicted molar refractivity (Wildman–Crippen MR) is 126 cm³/mol. The molecule has 2 aliphatic rings. The maximum absolute atomic E-state index is 12.6. The number of Topliss-reactive ketones (excluding diaryl/α,β-unsaturated/α-hetero) is 1. The van der Waals surface area contributed by atoms with E-state index in [1.807, 2.05) is 18.7 Å². The smallest absolute Gasteiger partial charge is 0.243 e. The third-order valence-electron chi connectivity index (χ3n) is 5.97. The van der Waals surface area contributed by atoms with E-state index in [0.29, 0.717) is 32.9 Å². The summed E-state index contributed by atoms with van der Waals surface area (Å²) in [6.45, 7) is 11.2. The van der Waals surface area contributed by atoms with Crippen LogP contribution in [0.4, 0.5) is 0 Å². The Bertz CT molecular complexity index is 791. The maximum atomic E-state index is 12.6. The quantitative estimate of drug-likeness (QED) is 0.217. The van der Waals surface area contributed by atoms with Crippen molar-refractivity contribution in [3.63, 3.8) is 0 Å². The summed E-state index contributed by atoms with van der Waals surface area (Å²) in [4.78, 5) is 63.9. The predicted octanol–water partition coefficient (Wildman–Crippen LogP) is -1.81. The molecule has 12 nitrogen and oxygen atoms in total. The third kappa shape index (κ3) is 9.19. The Hall–Kier alpha value is -2.57. The van der Waals surface area contributed by atoms with Gasteiger partial charge in [-0.15, -0.1) is 0 Å². The molecule has 2 fully saturated rings. The third-order valence-corrected chi connectivity index (χ3v) is 5.97. The molecule has 0 aliphatic carbocycles. The van der Waals surface area contributed by atoms with Crippen molar-refractivity contribution in [2.24, 2.45) is 11.8 Å². The van der Waals surface area contributed by atoms with Crippen molar-refractivity contribution in [3.05, 3.63) is 0 Å². The second kappa shape index (κ2) is 12.9. The van der Waals surface area contributed by atoms with Gasteiger partial charge >= 0.3 is 0 Å². The average molecular weight is 498 g/mol. The van der Waals surface area contributed by atoms with E-state index in [1.54, 1.807) is 20.8 Å². The Morgan fingerprint density at radius 2 is 1.34 bits per heavy atom. The Kier molecular flexibility index (Phi) is 10.6. The Morgan fingerprint density at radius 3 is 1.86 bits per heavy atom. The molecule has 2 saturated heterocycles. The van der Waals surface area contributed by atoms with Crippen molar-refractivity contribution >= 4 is 29.4 Å². The highest BCUT2D eigenvalue weighted by molar-refractivity contribution is 5.97. The van der Waals surface area contributed by atoms with Crippen LogP contribution in [-0.2, 0) is 33.4 Å². The molecule has 198 valence electrons. The van der Waals surface area contributed by atoms with Crippen molar-refractivity contribution in [2.45, 2.75) is 52.3 Å². The minimum atomic E-state index is -0.896. The van der Waals surface area contributed by atoms with E-state index in [-0.39, 0.29) is 43.2 Å². The normalized spacial score (nSPS) is 21.7. The van der Waals surface area contributed by atoms with E-state index in [1.165, 1.54) is 0 Å². The number of ketones is 1. The van der Waals surface area contributed by atoms with E-state index >= 15 is 0 Å². The van der Waals surface area contributed by atoms with Crippen LogP contribution < -0.4 is 21.3 Å². The Balaban J connectivity index is 1.77. The fourth-order valence-electron chi connectivity index (χ4n) is 3.57. The molecule has 0 radical (unpaired) electrons. The van der Waals surface area contributed by atoms with Gasteiger partial charge in [-0.3, -0.25) is 28.9 Å². The molecule has 0 saturated carbocycles. The molecule has 0 unspecified atom stereocenters. The van der Waals surface area contributed by atoms with Gasteiger partial charge in [-0.05, 0) is 18.8 Å². The van der Waals surface area contributed by atoms with Crippen LogP contribution in [0.1, 0.15) is 34.6 Å². The van der Waals surface area contributed by atoms with E-state index < -0.39 is 35.4 Å². The number of ether oxygens (including phenoxy) is 2. The first-order chi connectivity index (χ1) is 16.4. The molecule has 3 atom stereocenters. The number of carbonyl (C=O) groups is 5. The first-order valence-corrected chi connectivity index (χ1v) is 12.0. The zero-order chi connectivity index (χ0) is 26.2. The molecule has 0 bridgehead atoms. The molecule has 0 aromatic heterocycles. The lowest BCUT2D eigenvalue weighted by molar-refractivity contribution is -0.133. The van der Waals surface area contributed by atoms with Crippen molar-refractivity contribution in [3.8, 4) is 0 Å². The van der Waals surface area contributed by atoms with Crippen molar-refractivity contribution in [1.82, 2.24) is 26.2 Å². The van der Waals surface area contributed by atoms with Gasteiger partial charge in [-0.2, -0.15) is 0 Å². The van der Waals surface area contributed by atoms with Crippen LogP contribution in [0.3, 0.4) is 0 Å². The molecular formula is C23H39N5O7. The second-order valence-electron chi connectivity index (χ2n) is 9.85. The van der Waals surface area contributed by atoms with Gasteiger partial charge in [-0.25, -0.2) is 0 Å². The monoisotopic (exact) mass is 497 g/mol. The molecule has 0 aromatic rings. The summed E-state index contributed by atoms with van der Waals surface area (Å²) < 4.78 is 10.4. The molecular weight excluding hydrogens is 458 g/mol. The van der Waals surface area contributed by atoms with Crippen LogP contribution in [-0.4, -0.2) is 105 Å². The molecule has 4 amide bonds. The number of morpholine rings is 1. The van der Waals surface area contributed by atoms with Crippen molar-refractivity contribution < 1.29 is 33.4 Å². The number of rotatable bonds is 13. The van der Waals surface area contributed by atoms with Gasteiger partial charge in [0.25, 0.3) is 0 Å². The van der Waals surface area contributed by atoms with E-state index in [9.17, 15) is 24.0 Å². The summed E-state index contributed by atoms with van der Waals surface area (Å²) in [7, 11) is 0. The SMILES string of the molecule is CC(C)[C@H](NC(=O)CNC(=O)CN1CCOCC1)C(=O)NCC(=O)N[C@H](C(=O)[C@@]1(C)CO1)C(C)C. The highest BCUT2D eigenvalue weighted by atomic mass is 16.6. The minimum absolute atomic E-state index is 0.149. The van der Waals surface area contributed by atoms with E-state index in [2.05, 4.69) is 21.3 Å². The van der Waals surface area contributed by atoms with Crippen LogP contribution in [0.25, 0.3) is 0 Å². The van der Waals surface area contributed by atoms with Gasteiger partial charge in [-0.1, -0.05) is 27.7 Å². The highest BCUT2D eigenvalue weighted by Gasteiger charge is 2.50. The zero-order valence-corrected chi connectivity index (χ0v) is 21.3. The van der Waals surface area contributed by atoms with Gasteiger partial charge in [0.05, 0.1) is 45.5 Å². The fraction of sp³-hybridized carbons (Fsp3) is 0.783. The lowest BCUT2D eigenvalue weighted by atomic mass is 9.92. The number of hydrogen-bond donors (Lipinski definition) is 4. The lowest BCUT2D eigenvalue weighted by Gasteiger charge is -2.26. The van der Waals surface area contributed by atoms with Crippen LogP contribution in [0.5, 0.6) is 0 Å². The summed E-state index contributed by atoms with van der Waals surface area (Å²) in [5.74, 6) is -2.46. The largest absolute Gasteiger partial charge is 0.379 e. The van der Waals surface area contributed by atoms with Crippen molar-refractivity contribution in [1.29, 1.82) is 0 Å². The number of nitrogens with zero attached hydrogens (tertiary/aromatic N) is 1. The topological polar surface area (TPSA) is 158 Å². The zero-order valence-electron chi connectivity index (χ0n) is 21.3. The number of epoxide rings is 1.